The van der Waals surface area contributed by atoms with E-state index in [4.69, 9.17) is 51.1 Å². The molecule has 0 saturated carbocycles. The van der Waals surface area contributed by atoms with E-state index in [0.29, 0.717) is 10.6 Å². The number of fused-ring (bicyclic) bond motifs is 1. The van der Waals surface area contributed by atoms with Crippen LogP contribution in [0.5, 0.6) is 0 Å². The molecule has 0 unspecified atom stereocenters. The van der Waals surface area contributed by atoms with Crippen LogP contribution < -0.4 is 5.32 Å². The van der Waals surface area contributed by atoms with Crippen LogP contribution in [0.1, 0.15) is 40.1 Å². The molecule has 1 aliphatic rings. The Hall–Kier alpha value is -1.84. The van der Waals surface area contributed by atoms with E-state index >= 15 is 0 Å². The molecule has 2 aromatic rings. The highest BCUT2D eigenvalue weighted by atomic mass is 79.9. The molecule has 1 N–H and O–H groups in total. The normalized spacial score (nSPS) is 13.9. The van der Waals surface area contributed by atoms with Crippen LogP contribution >= 0.6 is 62.3 Å². The second-order valence-electron chi connectivity index (χ2n) is 7.79. The van der Waals surface area contributed by atoms with E-state index in [1.165, 1.54) is 0 Å². The number of esters is 1. The quantitative estimate of drug-likeness (QED) is 0.183. The molecule has 1 heterocycles. The molecule has 2 aromatic carbocycles. The topological polar surface area (TPSA) is 92.8 Å². The Kier molecular flexibility index (Phi) is 8.20. The Labute approximate surface area is 223 Å². The first kappa shape index (κ1) is 26.8. The third-order valence-electron chi connectivity index (χ3n) is 5.07. The summed E-state index contributed by atoms with van der Waals surface area (Å²) in [6, 6.07) is 3.84. The monoisotopic (exact) mass is 608 g/mol. The van der Waals surface area contributed by atoms with Crippen molar-refractivity contribution in [3.63, 3.8) is 0 Å². The molecule has 1 atom stereocenters. The summed E-state index contributed by atoms with van der Waals surface area (Å²) in [6.07, 6.45) is 0. The van der Waals surface area contributed by atoms with Crippen LogP contribution in [-0.2, 0) is 14.3 Å². The molecule has 0 spiro atoms. The summed E-state index contributed by atoms with van der Waals surface area (Å²) in [5, 5.41) is 1.76. The second kappa shape index (κ2) is 10.4. The number of hydrogen-bond donors (Lipinski definition) is 1. The predicted molar refractivity (Wildman–Crippen MR) is 134 cm³/mol. The second-order valence-corrected chi connectivity index (χ2v) is 10.2. The van der Waals surface area contributed by atoms with Gasteiger partial charge in [-0.15, -0.1) is 0 Å². The maximum atomic E-state index is 13.1. The summed E-state index contributed by atoms with van der Waals surface area (Å²) in [6.45, 7) is 4.46. The van der Waals surface area contributed by atoms with Crippen molar-refractivity contribution in [1.82, 2.24) is 4.90 Å². The van der Waals surface area contributed by atoms with Crippen molar-refractivity contribution in [2.75, 3.05) is 11.9 Å². The van der Waals surface area contributed by atoms with Crippen LogP contribution in [0.2, 0.25) is 20.1 Å². The average Bonchev–Trinajstić information content (AvgIpc) is 3.02. The Morgan fingerprint density at radius 1 is 1.00 bits per heavy atom. The zero-order valence-electron chi connectivity index (χ0n) is 18.0. The van der Waals surface area contributed by atoms with Gasteiger partial charge in [0.25, 0.3) is 17.7 Å². The zero-order valence-corrected chi connectivity index (χ0v) is 22.6. The Balaban J connectivity index is 1.80. The SMILES string of the molecule is Cc1cc(NC(=O)COC(=O)[C@H](C(C)C)N2C(=O)c3c(Cl)c(Cl)c(Cl)c(Cl)c3C2=O)ccc1Br. The summed E-state index contributed by atoms with van der Waals surface area (Å²) >= 11 is 27.8. The number of benzene rings is 2. The minimum Gasteiger partial charge on any atom is -0.454 e. The maximum absolute atomic E-state index is 13.1. The van der Waals surface area contributed by atoms with Crippen molar-refractivity contribution in [2.45, 2.75) is 26.8 Å². The van der Waals surface area contributed by atoms with E-state index in [2.05, 4.69) is 21.2 Å². The molecule has 3 amide bonds. The summed E-state index contributed by atoms with van der Waals surface area (Å²) < 4.78 is 6.02. The lowest BCUT2D eigenvalue weighted by molar-refractivity contribution is -0.152. The van der Waals surface area contributed by atoms with Gasteiger partial charge in [0.2, 0.25) is 0 Å². The highest BCUT2D eigenvalue weighted by Gasteiger charge is 2.48. The fourth-order valence-electron chi connectivity index (χ4n) is 3.44. The number of nitrogens with one attached hydrogen (secondary N) is 1. The summed E-state index contributed by atoms with van der Waals surface area (Å²) in [7, 11) is 0. The van der Waals surface area contributed by atoms with E-state index < -0.39 is 42.3 Å². The number of carbonyl (C=O) groups is 4. The van der Waals surface area contributed by atoms with E-state index in [9.17, 15) is 19.2 Å². The molecule has 0 aromatic heterocycles. The van der Waals surface area contributed by atoms with Gasteiger partial charge in [-0.1, -0.05) is 76.2 Å². The molecule has 180 valence electrons. The molecule has 0 aliphatic carbocycles. The summed E-state index contributed by atoms with van der Waals surface area (Å²) in [5.74, 6) is -3.83. The van der Waals surface area contributed by atoms with E-state index in [0.717, 1.165) is 10.0 Å². The first-order valence-corrected chi connectivity index (χ1v) is 12.1. The lowest BCUT2D eigenvalue weighted by Crippen LogP contribution is -2.49. The van der Waals surface area contributed by atoms with Gasteiger partial charge in [-0.05, 0) is 36.6 Å². The molecule has 0 bridgehead atoms. The van der Waals surface area contributed by atoms with Crippen LogP contribution in [0.3, 0.4) is 0 Å². The van der Waals surface area contributed by atoms with E-state index in [1.807, 2.05) is 6.92 Å². The third-order valence-corrected chi connectivity index (χ3v) is 7.76. The van der Waals surface area contributed by atoms with Crippen LogP contribution in [0, 0.1) is 12.8 Å². The molecule has 0 saturated heterocycles. The van der Waals surface area contributed by atoms with Crippen molar-refractivity contribution in [3.05, 3.63) is 59.5 Å². The summed E-state index contributed by atoms with van der Waals surface area (Å²) in [4.78, 5) is 52.1. The highest BCUT2D eigenvalue weighted by Crippen LogP contribution is 2.45. The molecule has 0 fully saturated rings. The molecule has 34 heavy (non-hydrogen) atoms. The number of ether oxygens (including phenoxy) is 1. The number of amides is 3. The van der Waals surface area contributed by atoms with Crippen molar-refractivity contribution in [2.24, 2.45) is 5.92 Å². The number of rotatable bonds is 6. The molecular formula is C22H17BrCl4N2O5. The molecule has 3 rings (SSSR count). The first-order valence-electron chi connectivity index (χ1n) is 9.83. The highest BCUT2D eigenvalue weighted by molar-refractivity contribution is 9.10. The van der Waals surface area contributed by atoms with Crippen LogP contribution in [0.15, 0.2) is 22.7 Å². The van der Waals surface area contributed by atoms with Crippen molar-refractivity contribution in [3.8, 4) is 0 Å². The number of imide groups is 1. The maximum Gasteiger partial charge on any atom is 0.330 e. The smallest absolute Gasteiger partial charge is 0.330 e. The Morgan fingerprint density at radius 2 is 1.53 bits per heavy atom. The van der Waals surface area contributed by atoms with Gasteiger partial charge in [0.1, 0.15) is 6.04 Å². The van der Waals surface area contributed by atoms with Gasteiger partial charge in [0, 0.05) is 10.2 Å². The third kappa shape index (κ3) is 4.93. The van der Waals surface area contributed by atoms with Crippen molar-refractivity contribution in [1.29, 1.82) is 0 Å². The van der Waals surface area contributed by atoms with Gasteiger partial charge in [-0.25, -0.2) is 4.79 Å². The van der Waals surface area contributed by atoms with Gasteiger partial charge in [0.15, 0.2) is 6.61 Å². The average molecular weight is 611 g/mol. The standard InChI is InChI=1S/C22H17BrCl4N2O5/c1-8(2)19(22(33)34-7-12(30)28-10-4-5-11(23)9(3)6-10)29-20(31)13-14(21(29)32)16(25)18(27)17(26)15(13)24/h4-6,8,19H,7H2,1-3H3,(H,28,30)/t19-/m0/s1. The van der Waals surface area contributed by atoms with Crippen molar-refractivity contribution >= 4 is 91.7 Å². The van der Waals surface area contributed by atoms with E-state index in [-0.39, 0.29) is 31.2 Å². The van der Waals surface area contributed by atoms with Crippen LogP contribution in [-0.4, -0.2) is 41.2 Å². The molecule has 12 heteroatoms. The first-order chi connectivity index (χ1) is 15.9. The zero-order chi connectivity index (χ0) is 25.5. The van der Waals surface area contributed by atoms with Crippen molar-refractivity contribution < 1.29 is 23.9 Å². The number of hydrogen-bond acceptors (Lipinski definition) is 5. The lowest BCUT2D eigenvalue weighted by atomic mass is 10.0. The molecule has 1 aliphatic heterocycles. The fraction of sp³-hybridized carbons (Fsp3) is 0.273. The van der Waals surface area contributed by atoms with Gasteiger partial charge in [0.05, 0.1) is 31.2 Å². The summed E-state index contributed by atoms with van der Waals surface area (Å²) in [5.41, 5.74) is 0.930. The number of nitrogens with zero attached hydrogens (tertiary/aromatic N) is 1. The fourth-order valence-corrected chi connectivity index (χ4v) is 4.70. The van der Waals surface area contributed by atoms with Crippen LogP contribution in [0.25, 0.3) is 0 Å². The molecule has 0 radical (unpaired) electrons. The molecular weight excluding hydrogens is 594 g/mol. The van der Waals surface area contributed by atoms with Gasteiger partial charge < -0.3 is 10.1 Å². The minimum atomic E-state index is -1.35. The largest absolute Gasteiger partial charge is 0.454 e. The van der Waals surface area contributed by atoms with Gasteiger partial charge in [-0.3, -0.25) is 19.3 Å². The Bertz CT molecular complexity index is 1190. The van der Waals surface area contributed by atoms with Gasteiger partial charge in [-0.2, -0.15) is 0 Å². The number of halogens is 5. The number of carbonyl (C=O) groups excluding carboxylic acids is 4. The van der Waals surface area contributed by atoms with E-state index in [1.54, 1.807) is 32.0 Å². The lowest BCUT2D eigenvalue weighted by Gasteiger charge is -2.27. The molecule has 7 nitrogen and oxygen atoms in total. The minimum absolute atomic E-state index is 0.182. The predicted octanol–water partition coefficient (Wildman–Crippen LogP) is 6.17. The Morgan fingerprint density at radius 3 is 2.00 bits per heavy atom. The van der Waals surface area contributed by atoms with Gasteiger partial charge >= 0.3 is 5.97 Å². The number of anilines is 1. The number of aryl methyl sites for hydroxylation is 1. The van der Waals surface area contributed by atoms with Crippen LogP contribution in [0.4, 0.5) is 5.69 Å².